The highest BCUT2D eigenvalue weighted by atomic mass is 35.5. The Labute approximate surface area is 307 Å². The number of nitrogens with one attached hydrogen (secondary N) is 1. The zero-order valence-corrected chi connectivity index (χ0v) is 32.0. The van der Waals surface area contributed by atoms with E-state index in [0.29, 0.717) is 29.9 Å². The minimum absolute atomic E-state index is 0.152. The first-order valence-corrected chi connectivity index (χ1v) is 20.5. The minimum Gasteiger partial charge on any atom is -0.491 e. The molecule has 10 heteroatoms. The van der Waals surface area contributed by atoms with Crippen LogP contribution in [0.5, 0.6) is 5.75 Å². The van der Waals surface area contributed by atoms with Gasteiger partial charge in [-0.3, -0.25) is 14.4 Å². The van der Waals surface area contributed by atoms with Gasteiger partial charge in [-0.2, -0.15) is 0 Å². The maximum absolute atomic E-state index is 13.5. The van der Waals surface area contributed by atoms with Crippen LogP contribution in [0, 0.1) is 23.7 Å². The molecule has 274 valence electrons. The molecule has 8 nitrogen and oxygen atoms in total. The number of hydrogen-bond acceptors (Lipinski definition) is 7. The van der Waals surface area contributed by atoms with Crippen molar-refractivity contribution in [2.24, 2.45) is 23.7 Å². The zero-order valence-electron chi connectivity index (χ0n) is 30.5. The van der Waals surface area contributed by atoms with Crippen LogP contribution >= 0.6 is 11.6 Å². The summed E-state index contributed by atoms with van der Waals surface area (Å²) in [4.78, 5) is 21.0. The molecule has 2 bridgehead atoms. The first-order chi connectivity index (χ1) is 24.2. The Balaban J connectivity index is 1.30. The normalized spacial score (nSPS) is 30.1. The van der Waals surface area contributed by atoms with Gasteiger partial charge >= 0.3 is 0 Å². The Hall–Kier alpha value is -2.43. The van der Waals surface area contributed by atoms with Crippen molar-refractivity contribution >= 4 is 34.2 Å². The van der Waals surface area contributed by atoms with Crippen molar-refractivity contribution in [2.75, 3.05) is 77.6 Å². The summed E-state index contributed by atoms with van der Waals surface area (Å²) in [5, 5.41) is 0.587. The molecule has 1 N–H and O–H groups in total. The number of carbonyl (C=O) groups is 1. The average molecular weight is 725 g/mol. The summed E-state index contributed by atoms with van der Waals surface area (Å²) in [5.74, 6) is 2.33. The monoisotopic (exact) mass is 724 g/mol. The molecule has 7 unspecified atom stereocenters. The molecule has 4 aliphatic rings. The molecule has 0 spiro atoms. The van der Waals surface area contributed by atoms with E-state index in [9.17, 15) is 9.00 Å². The van der Waals surface area contributed by atoms with E-state index in [1.54, 1.807) is 0 Å². The molecule has 3 heterocycles. The van der Waals surface area contributed by atoms with Crippen LogP contribution in [0.1, 0.15) is 73.9 Å². The fourth-order valence-corrected chi connectivity index (χ4v) is 9.38. The molecule has 1 aliphatic carbocycles. The van der Waals surface area contributed by atoms with E-state index < -0.39 is 11.0 Å². The van der Waals surface area contributed by atoms with Crippen LogP contribution < -0.4 is 14.4 Å². The number of anilines is 1. The topological polar surface area (TPSA) is 74.3 Å². The lowest BCUT2D eigenvalue weighted by Gasteiger charge is -2.45. The van der Waals surface area contributed by atoms with Gasteiger partial charge in [0.15, 0.2) is 0 Å². The van der Waals surface area contributed by atoms with Crippen LogP contribution in [0.25, 0.3) is 0 Å². The van der Waals surface area contributed by atoms with Gasteiger partial charge in [0.25, 0.3) is 5.91 Å². The minimum atomic E-state index is -1.51. The van der Waals surface area contributed by atoms with Crippen LogP contribution in [0.2, 0.25) is 5.02 Å². The second-order valence-electron chi connectivity index (χ2n) is 15.1. The number of benzene rings is 2. The Morgan fingerprint density at radius 3 is 2.66 bits per heavy atom. The number of amides is 1. The summed E-state index contributed by atoms with van der Waals surface area (Å²) < 4.78 is 28.4. The van der Waals surface area contributed by atoms with Crippen molar-refractivity contribution in [2.45, 2.75) is 64.0 Å². The Morgan fingerprint density at radius 2 is 1.90 bits per heavy atom. The highest BCUT2D eigenvalue weighted by Gasteiger charge is 2.39. The van der Waals surface area contributed by atoms with Crippen LogP contribution in [0.4, 0.5) is 5.69 Å². The molecule has 1 saturated carbocycles. The third kappa shape index (κ3) is 9.13. The van der Waals surface area contributed by atoms with Crippen molar-refractivity contribution < 1.29 is 18.5 Å². The third-order valence-corrected chi connectivity index (χ3v) is 13.4. The van der Waals surface area contributed by atoms with Crippen molar-refractivity contribution in [3.05, 3.63) is 70.3 Å². The number of likely N-dealkylation sites (N-methyl/N-ethyl adjacent to an activating group) is 1. The lowest BCUT2D eigenvalue weighted by atomic mass is 9.66. The van der Waals surface area contributed by atoms with Gasteiger partial charge in [0.1, 0.15) is 16.7 Å². The van der Waals surface area contributed by atoms with E-state index >= 15 is 0 Å². The SMILES string of the molecule is CCCc1cc(Cl)ccc1C1COc2ccc3cc2N(C1)CC1CCC1C(CN(C)CCN1CCOCC1)/C=C/CC(C)C(C)S(=O)NC3=O. The summed E-state index contributed by atoms with van der Waals surface area (Å²) in [5.41, 5.74) is 4.04. The predicted octanol–water partition coefficient (Wildman–Crippen LogP) is 6.56. The molecular weight excluding hydrogens is 668 g/mol. The van der Waals surface area contributed by atoms with Gasteiger partial charge in [-0.15, -0.1) is 0 Å². The van der Waals surface area contributed by atoms with Gasteiger partial charge in [-0.05, 0) is 105 Å². The zero-order chi connectivity index (χ0) is 35.2. The number of aryl methyl sites for hydroxylation is 1. The largest absolute Gasteiger partial charge is 0.491 e. The van der Waals surface area contributed by atoms with Gasteiger partial charge in [0.05, 0.1) is 30.8 Å². The van der Waals surface area contributed by atoms with E-state index in [0.717, 1.165) is 94.7 Å². The molecule has 2 fully saturated rings. The molecule has 7 atom stereocenters. The highest BCUT2D eigenvalue weighted by molar-refractivity contribution is 7.84. The van der Waals surface area contributed by atoms with Crippen molar-refractivity contribution in [1.29, 1.82) is 0 Å². The molecule has 50 heavy (non-hydrogen) atoms. The Morgan fingerprint density at radius 1 is 1.08 bits per heavy atom. The maximum Gasteiger partial charge on any atom is 0.263 e. The van der Waals surface area contributed by atoms with Crippen molar-refractivity contribution in [3.63, 3.8) is 0 Å². The number of ether oxygens (including phenoxy) is 2. The van der Waals surface area contributed by atoms with Gasteiger partial charge in [-0.25, -0.2) is 4.21 Å². The molecule has 6 rings (SSSR count). The third-order valence-electron chi connectivity index (χ3n) is 11.6. The van der Waals surface area contributed by atoms with Gasteiger partial charge in [-0.1, -0.05) is 50.1 Å². The van der Waals surface area contributed by atoms with Gasteiger partial charge in [0, 0.05) is 62.3 Å². The van der Waals surface area contributed by atoms with Crippen LogP contribution in [-0.4, -0.2) is 97.8 Å². The second kappa shape index (κ2) is 17.4. The standard InChI is InChI=1S/C40H57ClN4O4S/c1-5-7-30-22-35(41)12-14-36(30)34-26-45-25-33-10-13-37(33)32(24-43(4)16-17-44-18-20-48-21-19-44)9-6-8-28(2)29(3)50(47)42-40(46)31-11-15-39(49-27-34)38(45)23-31/h6,9,11-12,14-15,22-23,28-29,32-34,37H,5,7-8,10,13,16-21,24-27H2,1-4H3,(H,42,46)/b9-6+. The van der Waals surface area contributed by atoms with Crippen LogP contribution in [0.3, 0.4) is 0 Å². The quantitative estimate of drug-likeness (QED) is 0.310. The lowest BCUT2D eigenvalue weighted by molar-refractivity contribution is 0.0326. The number of allylic oxidation sites excluding steroid dienone is 1. The van der Waals surface area contributed by atoms with E-state index in [2.05, 4.69) is 64.6 Å². The Kier molecular flexibility index (Phi) is 13.0. The average Bonchev–Trinajstić information content (AvgIpc) is 3.28. The lowest BCUT2D eigenvalue weighted by Crippen LogP contribution is -2.45. The summed E-state index contributed by atoms with van der Waals surface area (Å²) in [6, 6.07) is 12.0. The summed E-state index contributed by atoms with van der Waals surface area (Å²) >= 11 is 6.48. The predicted molar refractivity (Wildman–Crippen MR) is 205 cm³/mol. The number of halogens is 1. The molecule has 2 aromatic carbocycles. The first kappa shape index (κ1) is 37.3. The number of morpholine rings is 1. The molecule has 2 aromatic rings. The molecule has 0 aromatic heterocycles. The smallest absolute Gasteiger partial charge is 0.263 e. The van der Waals surface area contributed by atoms with E-state index in [-0.39, 0.29) is 23.0 Å². The summed E-state index contributed by atoms with van der Waals surface area (Å²) in [6.07, 6.45) is 10.0. The maximum atomic E-state index is 13.5. The fraction of sp³-hybridized carbons (Fsp3) is 0.625. The molecule has 1 saturated heterocycles. The number of rotatable bonds is 8. The van der Waals surface area contributed by atoms with Crippen LogP contribution in [-0.2, 0) is 22.1 Å². The van der Waals surface area contributed by atoms with E-state index in [4.69, 9.17) is 21.1 Å². The van der Waals surface area contributed by atoms with E-state index in [1.807, 2.05) is 31.2 Å². The van der Waals surface area contributed by atoms with Crippen molar-refractivity contribution in [1.82, 2.24) is 14.5 Å². The molecule has 0 radical (unpaired) electrons. The van der Waals surface area contributed by atoms with Gasteiger partial charge in [0.2, 0.25) is 0 Å². The molecule has 3 aliphatic heterocycles. The first-order valence-electron chi connectivity index (χ1n) is 18.9. The summed E-state index contributed by atoms with van der Waals surface area (Å²) in [6.45, 7) is 15.4. The highest BCUT2D eigenvalue weighted by Crippen LogP contribution is 2.44. The molecule has 1 amide bonds. The number of hydrogen-bond donors (Lipinski definition) is 1. The van der Waals surface area contributed by atoms with Crippen molar-refractivity contribution in [3.8, 4) is 5.75 Å². The Bertz CT molecular complexity index is 1520. The fourth-order valence-electron chi connectivity index (χ4n) is 8.16. The second-order valence-corrected chi connectivity index (χ2v) is 17.1. The number of nitrogens with zero attached hydrogens (tertiary/aromatic N) is 3. The summed E-state index contributed by atoms with van der Waals surface area (Å²) in [7, 11) is 0.764. The van der Waals surface area contributed by atoms with Gasteiger partial charge < -0.3 is 19.3 Å². The van der Waals surface area contributed by atoms with E-state index in [1.165, 1.54) is 24.0 Å². The molecular formula is C40H57ClN4O4S. The van der Waals surface area contributed by atoms with Crippen LogP contribution in [0.15, 0.2) is 48.6 Å². The number of fused-ring (bicyclic) bond motifs is 2. The number of carbonyl (C=O) groups excluding carboxylic acids is 1.